The Morgan fingerprint density at radius 1 is 0.409 bits per heavy atom. The molecular weight excluding hydrogens is 869 g/mol. The predicted molar refractivity (Wildman–Crippen MR) is 240 cm³/mol. The predicted octanol–water partition coefficient (Wildman–Crippen LogP) is 2.04. The summed E-state index contributed by atoms with van der Waals surface area (Å²) in [6, 6.07) is -3.06. The first-order valence-corrected chi connectivity index (χ1v) is 23.5. The van der Waals surface area contributed by atoms with Crippen molar-refractivity contribution >= 4 is 47.4 Å². The summed E-state index contributed by atoms with van der Waals surface area (Å²) in [5, 5.41) is 49.3. The van der Waals surface area contributed by atoms with Gasteiger partial charge in [-0.1, -0.05) is 78.1 Å². The monoisotopic (exact) mass is 949 g/mol. The molecule has 5 amide bonds. The highest BCUT2D eigenvalue weighted by Crippen LogP contribution is 2.14. The molecule has 66 heavy (non-hydrogen) atoms. The largest absolute Gasteiger partial charge is 0.480 e. The van der Waals surface area contributed by atoms with Gasteiger partial charge in [0.15, 0.2) is 0 Å². The lowest BCUT2D eigenvalue weighted by Gasteiger charge is -2.17. The van der Waals surface area contributed by atoms with Gasteiger partial charge >= 0.3 is 17.9 Å². The van der Waals surface area contributed by atoms with Crippen LogP contribution in [0.4, 0.5) is 0 Å². The summed E-state index contributed by atoms with van der Waals surface area (Å²) in [7, 11) is 0. The van der Waals surface area contributed by atoms with Crippen LogP contribution in [0.2, 0.25) is 0 Å². The van der Waals surface area contributed by atoms with Gasteiger partial charge in [-0.3, -0.25) is 28.8 Å². The molecule has 0 aromatic rings. The second-order valence-electron chi connectivity index (χ2n) is 16.3. The van der Waals surface area contributed by atoms with E-state index in [0.717, 1.165) is 70.6 Å². The molecule has 0 heterocycles. The number of carboxylic acid groups (broad SMARTS) is 3. The van der Waals surface area contributed by atoms with Gasteiger partial charge in [0.2, 0.25) is 29.5 Å². The molecule has 0 aromatic carbocycles. The Morgan fingerprint density at radius 2 is 0.833 bits per heavy atom. The van der Waals surface area contributed by atoms with E-state index >= 15 is 0 Å². The van der Waals surface area contributed by atoms with E-state index in [1.165, 1.54) is 0 Å². The van der Waals surface area contributed by atoms with Gasteiger partial charge in [-0.25, -0.2) is 9.59 Å². The SMILES string of the molecule is CC(C)[C@H](NC(=O)CCCCCCCCCCCCCCC(=O)NC(CCC(=O)NCCOCCOCC(=O)NCCOCCOCC(=O)NCCCCC(NO)C(=O)O)C(=O)O)C(=O)O. The average Bonchev–Trinajstić information content (AvgIpc) is 3.26. The Kier molecular flexibility index (Phi) is 39.1. The molecule has 10 N–H and O–H groups in total. The van der Waals surface area contributed by atoms with Gasteiger partial charge in [0, 0.05) is 38.9 Å². The number of carboxylic acids is 3. The van der Waals surface area contributed by atoms with E-state index in [1.54, 1.807) is 19.3 Å². The van der Waals surface area contributed by atoms with Crippen LogP contribution in [0.15, 0.2) is 0 Å². The number of hydrogen-bond acceptors (Lipinski definition) is 14. The van der Waals surface area contributed by atoms with Crippen molar-refractivity contribution in [3.8, 4) is 0 Å². The smallest absolute Gasteiger partial charge is 0.326 e. The number of hydrogen-bond donors (Lipinski definition) is 10. The summed E-state index contributed by atoms with van der Waals surface area (Å²) in [6.45, 7) is 5.07. The molecule has 22 heteroatoms. The van der Waals surface area contributed by atoms with E-state index in [1.807, 2.05) is 0 Å². The van der Waals surface area contributed by atoms with Crippen molar-refractivity contribution in [2.24, 2.45) is 5.92 Å². The maximum Gasteiger partial charge on any atom is 0.326 e. The molecule has 22 nitrogen and oxygen atoms in total. The van der Waals surface area contributed by atoms with E-state index in [4.69, 9.17) is 29.3 Å². The highest BCUT2D eigenvalue weighted by Gasteiger charge is 2.23. The highest BCUT2D eigenvalue weighted by molar-refractivity contribution is 5.85. The van der Waals surface area contributed by atoms with Crippen LogP contribution in [-0.2, 0) is 57.3 Å². The quantitative estimate of drug-likeness (QED) is 0.0308. The molecule has 0 saturated heterocycles. The van der Waals surface area contributed by atoms with Crippen LogP contribution in [0.5, 0.6) is 0 Å². The zero-order valence-electron chi connectivity index (χ0n) is 39.2. The van der Waals surface area contributed by atoms with E-state index < -0.39 is 36.0 Å². The molecule has 2 unspecified atom stereocenters. The maximum absolute atomic E-state index is 12.4. The fourth-order valence-corrected chi connectivity index (χ4v) is 6.33. The second-order valence-corrected chi connectivity index (χ2v) is 16.3. The summed E-state index contributed by atoms with van der Waals surface area (Å²) in [5.74, 6) is -5.15. The number of amides is 5. The number of aliphatic carboxylic acids is 3. The number of carbonyl (C=O) groups is 8. The molecule has 3 atom stereocenters. The van der Waals surface area contributed by atoms with Crippen molar-refractivity contribution in [3.63, 3.8) is 0 Å². The van der Waals surface area contributed by atoms with Crippen LogP contribution in [-0.4, -0.2) is 159 Å². The Hall–Kier alpha value is -4.48. The summed E-state index contributed by atoms with van der Waals surface area (Å²) >= 11 is 0. The standard InChI is InChI=1S/C44H80N6O16/c1-33(2)41(44(60)61)49-38(53)19-14-12-10-8-6-4-3-5-7-9-11-13-18-37(52)48-34(42(56)57)20-21-36(51)46-23-25-63-27-30-66-32-40(55)47-24-26-64-28-29-65-31-39(54)45-22-16-15-17-35(50-62)43(58)59/h33-35,41,50,62H,3-32H2,1-2H3,(H,45,54)(H,46,51)(H,47,55)(H,48,52)(H,49,53)(H,56,57)(H,58,59)(H,60,61)/t34?,35?,41-/m0/s1. The third-order valence-electron chi connectivity index (χ3n) is 10.1. The van der Waals surface area contributed by atoms with Crippen LogP contribution in [0, 0.1) is 5.92 Å². The van der Waals surface area contributed by atoms with Crippen LogP contribution in [0.1, 0.15) is 136 Å². The third kappa shape index (κ3) is 37.7. The fourth-order valence-electron chi connectivity index (χ4n) is 6.33. The van der Waals surface area contributed by atoms with Crippen LogP contribution >= 0.6 is 0 Å². The van der Waals surface area contributed by atoms with Gasteiger partial charge in [-0.05, 0) is 44.4 Å². The lowest BCUT2D eigenvalue weighted by molar-refractivity contribution is -0.143. The summed E-state index contributed by atoms with van der Waals surface area (Å²) < 4.78 is 21.2. The number of unbranched alkanes of at least 4 members (excludes halogenated alkanes) is 12. The van der Waals surface area contributed by atoms with E-state index in [0.29, 0.717) is 32.2 Å². The zero-order chi connectivity index (χ0) is 49.2. The molecule has 0 aliphatic carbocycles. The minimum atomic E-state index is -1.21. The minimum Gasteiger partial charge on any atom is -0.480 e. The normalized spacial score (nSPS) is 12.5. The van der Waals surface area contributed by atoms with Crippen LogP contribution < -0.4 is 32.1 Å². The minimum absolute atomic E-state index is 0.0514. The Morgan fingerprint density at radius 3 is 1.27 bits per heavy atom. The maximum atomic E-state index is 12.4. The molecule has 0 aromatic heterocycles. The molecule has 0 aliphatic rings. The first-order valence-electron chi connectivity index (χ1n) is 23.5. The lowest BCUT2D eigenvalue weighted by atomic mass is 10.0. The van der Waals surface area contributed by atoms with Gasteiger partial charge in [-0.15, -0.1) is 0 Å². The molecule has 0 bridgehead atoms. The molecule has 0 rings (SSSR count). The van der Waals surface area contributed by atoms with Crippen LogP contribution in [0.3, 0.4) is 0 Å². The molecule has 0 radical (unpaired) electrons. The van der Waals surface area contributed by atoms with Crippen molar-refractivity contribution in [2.45, 2.75) is 154 Å². The second kappa shape index (κ2) is 41.9. The summed E-state index contributed by atoms with van der Waals surface area (Å²) in [5.41, 5.74) is 1.72. The number of carbonyl (C=O) groups excluding carboxylic acids is 5. The van der Waals surface area contributed by atoms with Crippen molar-refractivity contribution in [1.29, 1.82) is 0 Å². The van der Waals surface area contributed by atoms with Crippen LogP contribution in [0.25, 0.3) is 0 Å². The average molecular weight is 949 g/mol. The van der Waals surface area contributed by atoms with Crippen molar-refractivity contribution in [1.82, 2.24) is 32.1 Å². The third-order valence-corrected chi connectivity index (χ3v) is 10.1. The first kappa shape index (κ1) is 61.5. The van der Waals surface area contributed by atoms with E-state index in [2.05, 4.69) is 26.6 Å². The van der Waals surface area contributed by atoms with E-state index in [9.17, 15) is 48.6 Å². The fraction of sp³-hybridized carbons (Fsp3) is 0.818. The topological polar surface area (TPSA) is 327 Å². The number of rotatable bonds is 46. The zero-order valence-corrected chi connectivity index (χ0v) is 39.2. The van der Waals surface area contributed by atoms with E-state index in [-0.39, 0.29) is 127 Å². The Labute approximate surface area is 389 Å². The molecule has 382 valence electrons. The number of nitrogens with one attached hydrogen (secondary N) is 6. The first-order chi connectivity index (χ1) is 31.7. The van der Waals surface area contributed by atoms with Gasteiger partial charge in [0.1, 0.15) is 31.3 Å². The van der Waals surface area contributed by atoms with Gasteiger partial charge in [0.25, 0.3) is 0 Å². The van der Waals surface area contributed by atoms with Crippen molar-refractivity contribution in [2.75, 3.05) is 72.5 Å². The van der Waals surface area contributed by atoms with Gasteiger partial charge < -0.3 is 66.1 Å². The lowest BCUT2D eigenvalue weighted by Crippen LogP contribution is -2.44. The highest BCUT2D eigenvalue weighted by atomic mass is 16.5. The van der Waals surface area contributed by atoms with Gasteiger partial charge in [-0.2, -0.15) is 5.48 Å². The molecule has 0 spiro atoms. The number of hydroxylamine groups is 1. The van der Waals surface area contributed by atoms with Crippen molar-refractivity contribution < 1.29 is 77.8 Å². The van der Waals surface area contributed by atoms with Gasteiger partial charge in [0.05, 0.1) is 39.6 Å². The summed E-state index contributed by atoms with van der Waals surface area (Å²) in [4.78, 5) is 93.9. The number of ether oxygens (including phenoxy) is 4. The Bertz CT molecular complexity index is 1370. The molecule has 0 fully saturated rings. The summed E-state index contributed by atoms with van der Waals surface area (Å²) in [6.07, 6.45) is 13.6. The van der Waals surface area contributed by atoms with Crippen molar-refractivity contribution in [3.05, 3.63) is 0 Å². The molecule has 0 aliphatic heterocycles. The molecular formula is C44H80N6O16. The Balaban J connectivity index is 3.71. The molecule has 0 saturated carbocycles.